The summed E-state index contributed by atoms with van der Waals surface area (Å²) >= 11 is 0. The number of amides is 1. The Morgan fingerprint density at radius 2 is 2.12 bits per heavy atom. The van der Waals surface area contributed by atoms with Gasteiger partial charge in [0.05, 0.1) is 19.1 Å². The first-order valence-corrected chi connectivity index (χ1v) is 8.95. The fourth-order valence-corrected chi connectivity index (χ4v) is 3.61. The minimum atomic E-state index is -0.215. The number of ether oxygens (including phenoxy) is 2. The minimum Gasteiger partial charge on any atom is -0.381 e. The summed E-state index contributed by atoms with van der Waals surface area (Å²) in [5.74, 6) is -0.0609. The van der Waals surface area contributed by atoms with E-state index in [0.717, 1.165) is 57.4 Å². The number of nitrogens with zero attached hydrogens (tertiary/aromatic N) is 1. The molecule has 3 rings (SSSR count). The Balaban J connectivity index is 1.46. The number of likely N-dealkylation sites (tertiary alicyclic amines) is 1. The molecule has 0 saturated carbocycles. The van der Waals surface area contributed by atoms with Crippen LogP contribution in [0.5, 0.6) is 0 Å². The lowest BCUT2D eigenvalue weighted by Gasteiger charge is -2.26. The lowest BCUT2D eigenvalue weighted by Crippen LogP contribution is -2.37. The molecule has 0 spiro atoms. The van der Waals surface area contributed by atoms with Crippen LogP contribution in [0.2, 0.25) is 0 Å². The number of carbonyl (C=O) groups is 1. The summed E-state index contributed by atoms with van der Waals surface area (Å²) in [6, 6.07) is 6.86. The highest BCUT2D eigenvalue weighted by atomic mass is 19.1. The highest BCUT2D eigenvalue weighted by Crippen LogP contribution is 2.22. The van der Waals surface area contributed by atoms with Gasteiger partial charge in [0.2, 0.25) is 5.91 Å². The van der Waals surface area contributed by atoms with Gasteiger partial charge in [-0.05, 0) is 49.8 Å². The van der Waals surface area contributed by atoms with Gasteiger partial charge in [0.25, 0.3) is 0 Å². The number of hydrogen-bond donors (Lipinski definition) is 0. The van der Waals surface area contributed by atoms with Crippen molar-refractivity contribution in [3.63, 3.8) is 0 Å². The van der Waals surface area contributed by atoms with Gasteiger partial charge in [-0.2, -0.15) is 0 Å². The summed E-state index contributed by atoms with van der Waals surface area (Å²) in [5, 5.41) is 0. The molecular weight excluding hydrogens is 309 g/mol. The van der Waals surface area contributed by atoms with Gasteiger partial charge in [0, 0.05) is 25.8 Å². The Morgan fingerprint density at radius 1 is 1.29 bits per heavy atom. The van der Waals surface area contributed by atoms with Crippen molar-refractivity contribution >= 4 is 5.91 Å². The normalized spacial score (nSPS) is 22.0. The Kier molecular flexibility index (Phi) is 6.21. The molecule has 0 bridgehead atoms. The van der Waals surface area contributed by atoms with Gasteiger partial charge in [0.1, 0.15) is 5.82 Å². The highest BCUT2D eigenvalue weighted by Gasteiger charge is 2.28. The number of hydrogen-bond acceptors (Lipinski definition) is 3. The van der Waals surface area contributed by atoms with Crippen molar-refractivity contribution in [1.82, 2.24) is 4.90 Å². The monoisotopic (exact) mass is 335 g/mol. The van der Waals surface area contributed by atoms with Crippen LogP contribution < -0.4 is 0 Å². The summed E-state index contributed by atoms with van der Waals surface area (Å²) in [6.07, 6.45) is 5.23. The van der Waals surface area contributed by atoms with Crippen LogP contribution in [0.4, 0.5) is 4.39 Å². The number of halogens is 1. The zero-order valence-electron chi connectivity index (χ0n) is 14.1. The van der Waals surface area contributed by atoms with E-state index in [1.165, 1.54) is 6.07 Å². The van der Waals surface area contributed by atoms with Gasteiger partial charge < -0.3 is 14.4 Å². The van der Waals surface area contributed by atoms with Gasteiger partial charge in [0.15, 0.2) is 0 Å². The SMILES string of the molecule is O=C(CCOC1CCOCC1)N1CCCC1Cc1cccc(F)c1. The fourth-order valence-electron chi connectivity index (χ4n) is 3.61. The molecule has 1 atom stereocenters. The molecule has 24 heavy (non-hydrogen) atoms. The van der Waals surface area contributed by atoms with Gasteiger partial charge in [-0.15, -0.1) is 0 Å². The summed E-state index contributed by atoms with van der Waals surface area (Å²) < 4.78 is 24.4. The standard InChI is InChI=1S/C19H26FNO3/c20-16-4-1-3-15(13-16)14-17-5-2-9-21(17)19(22)8-12-24-18-6-10-23-11-7-18/h1,3-4,13,17-18H,2,5-12,14H2. The van der Waals surface area contributed by atoms with E-state index in [2.05, 4.69) is 0 Å². The maximum atomic E-state index is 13.3. The van der Waals surface area contributed by atoms with Crippen LogP contribution in [-0.4, -0.2) is 49.3 Å². The molecular formula is C19H26FNO3. The Bertz CT molecular complexity index is 545. The molecule has 2 saturated heterocycles. The molecule has 2 heterocycles. The van der Waals surface area contributed by atoms with E-state index in [-0.39, 0.29) is 23.9 Å². The largest absolute Gasteiger partial charge is 0.381 e. The molecule has 2 aliphatic rings. The average Bonchev–Trinajstić information content (AvgIpc) is 3.04. The lowest BCUT2D eigenvalue weighted by molar-refractivity contribution is -0.134. The Hall–Kier alpha value is -1.46. The van der Waals surface area contributed by atoms with E-state index in [9.17, 15) is 9.18 Å². The second kappa shape index (κ2) is 8.58. The van der Waals surface area contributed by atoms with Crippen LogP contribution in [0.1, 0.15) is 37.7 Å². The van der Waals surface area contributed by atoms with Crippen LogP contribution in [0.25, 0.3) is 0 Å². The van der Waals surface area contributed by atoms with Gasteiger partial charge in [-0.1, -0.05) is 12.1 Å². The van der Waals surface area contributed by atoms with Crippen molar-refractivity contribution < 1.29 is 18.7 Å². The Labute approximate surface area is 142 Å². The summed E-state index contributed by atoms with van der Waals surface area (Å²) in [6.45, 7) is 2.78. The first-order valence-electron chi connectivity index (χ1n) is 8.95. The van der Waals surface area contributed by atoms with Gasteiger partial charge in [-0.25, -0.2) is 4.39 Å². The number of benzene rings is 1. The first-order chi connectivity index (χ1) is 11.7. The maximum absolute atomic E-state index is 13.3. The predicted octanol–water partition coefficient (Wildman–Crippen LogP) is 2.94. The van der Waals surface area contributed by atoms with E-state index in [1.54, 1.807) is 12.1 Å². The zero-order chi connectivity index (χ0) is 16.8. The van der Waals surface area contributed by atoms with Gasteiger partial charge >= 0.3 is 0 Å². The first kappa shape index (κ1) is 17.4. The van der Waals surface area contributed by atoms with Crippen molar-refractivity contribution in [2.45, 2.75) is 50.7 Å². The van der Waals surface area contributed by atoms with E-state index < -0.39 is 0 Å². The molecule has 1 unspecified atom stereocenters. The highest BCUT2D eigenvalue weighted by molar-refractivity contribution is 5.77. The molecule has 0 N–H and O–H groups in total. The molecule has 0 aliphatic carbocycles. The fraction of sp³-hybridized carbons (Fsp3) is 0.632. The molecule has 1 aromatic rings. The molecule has 2 aliphatic heterocycles. The van der Waals surface area contributed by atoms with Crippen LogP contribution in [0.3, 0.4) is 0 Å². The smallest absolute Gasteiger partial charge is 0.225 e. The summed E-state index contributed by atoms with van der Waals surface area (Å²) in [5.41, 5.74) is 0.957. The molecule has 0 aromatic heterocycles. The summed E-state index contributed by atoms with van der Waals surface area (Å²) in [7, 11) is 0. The molecule has 2 fully saturated rings. The molecule has 1 amide bonds. The van der Waals surface area contributed by atoms with Gasteiger partial charge in [-0.3, -0.25) is 4.79 Å². The summed E-state index contributed by atoms with van der Waals surface area (Å²) in [4.78, 5) is 14.5. The van der Waals surface area contributed by atoms with Crippen LogP contribution in [-0.2, 0) is 20.7 Å². The molecule has 1 aromatic carbocycles. The zero-order valence-corrected chi connectivity index (χ0v) is 14.1. The lowest BCUT2D eigenvalue weighted by atomic mass is 10.0. The van der Waals surface area contributed by atoms with Crippen molar-refractivity contribution in [2.24, 2.45) is 0 Å². The van der Waals surface area contributed by atoms with Crippen LogP contribution in [0.15, 0.2) is 24.3 Å². The topological polar surface area (TPSA) is 38.8 Å². The third kappa shape index (κ3) is 4.77. The molecule has 4 nitrogen and oxygen atoms in total. The van der Waals surface area contributed by atoms with Crippen molar-refractivity contribution in [1.29, 1.82) is 0 Å². The quantitative estimate of drug-likeness (QED) is 0.802. The van der Waals surface area contributed by atoms with E-state index in [0.29, 0.717) is 13.0 Å². The van der Waals surface area contributed by atoms with Crippen LogP contribution >= 0.6 is 0 Å². The third-order valence-corrected chi connectivity index (χ3v) is 4.90. The van der Waals surface area contributed by atoms with E-state index in [1.807, 2.05) is 11.0 Å². The second-order valence-electron chi connectivity index (χ2n) is 6.65. The van der Waals surface area contributed by atoms with Crippen molar-refractivity contribution in [3.05, 3.63) is 35.6 Å². The molecule has 5 heteroatoms. The molecule has 0 radical (unpaired) electrons. The second-order valence-corrected chi connectivity index (χ2v) is 6.65. The van der Waals surface area contributed by atoms with Crippen molar-refractivity contribution in [2.75, 3.05) is 26.4 Å². The van der Waals surface area contributed by atoms with Crippen molar-refractivity contribution in [3.8, 4) is 0 Å². The van der Waals surface area contributed by atoms with Crippen LogP contribution in [0, 0.1) is 5.82 Å². The molecule has 132 valence electrons. The third-order valence-electron chi connectivity index (χ3n) is 4.90. The maximum Gasteiger partial charge on any atom is 0.225 e. The minimum absolute atomic E-state index is 0.154. The Morgan fingerprint density at radius 3 is 2.92 bits per heavy atom. The van der Waals surface area contributed by atoms with E-state index >= 15 is 0 Å². The van der Waals surface area contributed by atoms with E-state index in [4.69, 9.17) is 9.47 Å². The average molecular weight is 335 g/mol. The predicted molar refractivity (Wildman–Crippen MR) is 89.2 cm³/mol. The number of carbonyl (C=O) groups excluding carboxylic acids is 1. The number of rotatable bonds is 6.